The molecule has 8 heteroatoms. The van der Waals surface area contributed by atoms with E-state index in [1.807, 2.05) is 37.3 Å². The molecular formula is C23H20FN3O2S2. The molecule has 2 heterocycles. The highest BCUT2D eigenvalue weighted by Crippen LogP contribution is 2.36. The zero-order chi connectivity index (χ0) is 21.8. The number of hydrogen-bond acceptors (Lipinski definition) is 7. The van der Waals surface area contributed by atoms with Crippen molar-refractivity contribution in [3.8, 4) is 0 Å². The van der Waals surface area contributed by atoms with Gasteiger partial charge >= 0.3 is 5.97 Å². The number of benzene rings is 2. The van der Waals surface area contributed by atoms with E-state index in [0.717, 1.165) is 15.8 Å². The van der Waals surface area contributed by atoms with Crippen LogP contribution < -0.4 is 5.32 Å². The number of thioether (sulfide) groups is 1. The van der Waals surface area contributed by atoms with E-state index in [-0.39, 0.29) is 11.8 Å². The smallest absolute Gasteiger partial charge is 0.348 e. The largest absolute Gasteiger partial charge is 0.462 e. The van der Waals surface area contributed by atoms with Crippen LogP contribution in [-0.4, -0.2) is 22.5 Å². The third-order valence-electron chi connectivity index (χ3n) is 4.50. The van der Waals surface area contributed by atoms with Gasteiger partial charge in [-0.15, -0.1) is 23.1 Å². The molecule has 4 aromatic rings. The van der Waals surface area contributed by atoms with Crippen molar-refractivity contribution in [2.75, 3.05) is 11.9 Å². The number of hydrogen-bond donors (Lipinski definition) is 1. The van der Waals surface area contributed by atoms with Crippen molar-refractivity contribution in [3.05, 3.63) is 76.7 Å². The highest BCUT2D eigenvalue weighted by molar-refractivity contribution is 7.98. The molecule has 0 saturated carbocycles. The number of carbonyl (C=O) groups excluding carboxylic acids is 1. The molecule has 4 rings (SSSR count). The van der Waals surface area contributed by atoms with Gasteiger partial charge in [-0.25, -0.2) is 19.2 Å². The van der Waals surface area contributed by atoms with Gasteiger partial charge in [-0.1, -0.05) is 24.3 Å². The quantitative estimate of drug-likeness (QED) is 0.260. The van der Waals surface area contributed by atoms with Gasteiger partial charge < -0.3 is 10.1 Å². The van der Waals surface area contributed by atoms with Gasteiger partial charge in [-0.3, -0.25) is 0 Å². The first-order chi connectivity index (χ1) is 15.0. The minimum Gasteiger partial charge on any atom is -0.462 e. The topological polar surface area (TPSA) is 64.1 Å². The first-order valence-electron chi connectivity index (χ1n) is 9.72. The van der Waals surface area contributed by atoms with Gasteiger partial charge in [-0.05, 0) is 49.7 Å². The monoisotopic (exact) mass is 453 g/mol. The minimum atomic E-state index is -0.375. The second kappa shape index (κ2) is 9.45. The Morgan fingerprint density at radius 3 is 2.71 bits per heavy atom. The van der Waals surface area contributed by atoms with Crippen molar-refractivity contribution in [2.24, 2.45) is 0 Å². The predicted molar refractivity (Wildman–Crippen MR) is 124 cm³/mol. The number of esters is 1. The lowest BCUT2D eigenvalue weighted by atomic mass is 10.2. The van der Waals surface area contributed by atoms with Crippen LogP contribution in [0.15, 0.2) is 59.5 Å². The number of aryl methyl sites for hydroxylation is 1. The van der Waals surface area contributed by atoms with Crippen molar-refractivity contribution < 1.29 is 13.9 Å². The summed E-state index contributed by atoms with van der Waals surface area (Å²) in [6.07, 6.45) is 0. The van der Waals surface area contributed by atoms with Crippen molar-refractivity contribution in [3.63, 3.8) is 0 Å². The summed E-state index contributed by atoms with van der Waals surface area (Å²) in [5, 5.41) is 3.95. The average Bonchev–Trinajstić information content (AvgIpc) is 3.10. The summed E-state index contributed by atoms with van der Waals surface area (Å²) in [4.78, 5) is 24.1. The Kier molecular flexibility index (Phi) is 6.48. The number of rotatable bonds is 7. The summed E-state index contributed by atoms with van der Waals surface area (Å²) in [7, 11) is 0. The van der Waals surface area contributed by atoms with E-state index in [2.05, 4.69) is 5.32 Å². The number of carbonyl (C=O) groups is 1. The van der Waals surface area contributed by atoms with Gasteiger partial charge in [0.2, 0.25) is 0 Å². The van der Waals surface area contributed by atoms with Crippen molar-refractivity contribution in [1.29, 1.82) is 0 Å². The molecule has 0 unspecified atom stereocenters. The van der Waals surface area contributed by atoms with Crippen LogP contribution in [0.2, 0.25) is 0 Å². The molecular weight excluding hydrogens is 433 g/mol. The Hall–Kier alpha value is -2.97. The summed E-state index contributed by atoms with van der Waals surface area (Å²) in [6, 6.07) is 16.2. The molecule has 0 bridgehead atoms. The van der Waals surface area contributed by atoms with E-state index in [1.165, 1.54) is 23.5 Å². The molecule has 0 radical (unpaired) electrons. The van der Waals surface area contributed by atoms with Gasteiger partial charge in [0, 0.05) is 10.6 Å². The molecule has 1 N–H and O–H groups in total. The Morgan fingerprint density at radius 1 is 1.16 bits per heavy atom. The molecule has 2 aromatic carbocycles. The molecule has 158 valence electrons. The number of nitrogens with one attached hydrogen (secondary N) is 1. The molecule has 0 aliphatic carbocycles. The number of ether oxygens (including phenoxy) is 1. The van der Waals surface area contributed by atoms with Crippen LogP contribution in [-0.2, 0) is 10.5 Å². The lowest BCUT2D eigenvalue weighted by molar-refractivity contribution is 0.0531. The highest BCUT2D eigenvalue weighted by atomic mass is 32.2. The minimum absolute atomic E-state index is 0.297. The molecule has 0 atom stereocenters. The fraction of sp³-hybridized carbons (Fsp3) is 0.174. The Balaban J connectivity index is 1.75. The lowest BCUT2D eigenvalue weighted by Crippen LogP contribution is -2.04. The third-order valence-corrected chi connectivity index (χ3v) is 6.67. The maximum Gasteiger partial charge on any atom is 0.348 e. The fourth-order valence-corrected chi connectivity index (χ4v) is 4.96. The van der Waals surface area contributed by atoms with Crippen LogP contribution in [0.1, 0.15) is 28.0 Å². The highest BCUT2D eigenvalue weighted by Gasteiger charge is 2.21. The number of nitrogens with zero attached hydrogens (tertiary/aromatic N) is 2. The van der Waals surface area contributed by atoms with Crippen molar-refractivity contribution in [1.82, 2.24) is 9.97 Å². The molecule has 2 aromatic heterocycles. The van der Waals surface area contributed by atoms with Crippen molar-refractivity contribution >= 4 is 50.8 Å². The molecule has 0 amide bonds. The maximum atomic E-state index is 13.7. The summed E-state index contributed by atoms with van der Waals surface area (Å²) >= 11 is 2.91. The standard InChI is InChI=1S/C23H20FN3O2S2/c1-3-29-23(28)20-14(2)19-21(25-16-9-7-8-15(24)12-16)26-18(27-22(19)31-20)13-30-17-10-5-4-6-11-17/h4-12H,3,13H2,1-2H3,(H,25,26,27). The number of halogens is 1. The zero-order valence-corrected chi connectivity index (χ0v) is 18.6. The Labute approximate surface area is 187 Å². The van der Waals surface area contributed by atoms with Crippen molar-refractivity contribution in [2.45, 2.75) is 24.5 Å². The first kappa shape index (κ1) is 21.3. The van der Waals surface area contributed by atoms with Gasteiger partial charge in [0.15, 0.2) is 0 Å². The first-order valence-corrected chi connectivity index (χ1v) is 11.5. The Bertz CT molecular complexity index is 1230. The molecule has 5 nitrogen and oxygen atoms in total. The lowest BCUT2D eigenvalue weighted by Gasteiger charge is -2.10. The van der Waals surface area contributed by atoms with Gasteiger partial charge in [-0.2, -0.15) is 0 Å². The second-order valence-electron chi connectivity index (χ2n) is 6.68. The van der Waals surface area contributed by atoms with E-state index in [9.17, 15) is 9.18 Å². The van der Waals surface area contributed by atoms with Crippen LogP contribution in [0, 0.1) is 12.7 Å². The number of anilines is 2. The molecule has 0 aliphatic rings. The van der Waals surface area contributed by atoms with Gasteiger partial charge in [0.05, 0.1) is 17.7 Å². The van der Waals surface area contributed by atoms with E-state index in [4.69, 9.17) is 14.7 Å². The van der Waals surface area contributed by atoms with E-state index >= 15 is 0 Å². The normalized spacial score (nSPS) is 10.9. The van der Waals surface area contributed by atoms with E-state index < -0.39 is 0 Å². The van der Waals surface area contributed by atoms with E-state index in [1.54, 1.807) is 30.8 Å². The number of thiophene rings is 1. The molecule has 0 fully saturated rings. The summed E-state index contributed by atoms with van der Waals surface area (Å²) in [5.41, 5.74) is 1.32. The predicted octanol–water partition coefficient (Wildman–Crippen LogP) is 6.35. The fourth-order valence-electron chi connectivity index (χ4n) is 3.10. The summed E-state index contributed by atoms with van der Waals surface area (Å²) in [5.74, 6) is 1.01. The molecule has 0 saturated heterocycles. The van der Waals surface area contributed by atoms with Crippen LogP contribution in [0.5, 0.6) is 0 Å². The maximum absolute atomic E-state index is 13.7. The molecule has 0 spiro atoms. The van der Waals surface area contributed by atoms with E-state index in [0.29, 0.717) is 39.4 Å². The SMILES string of the molecule is CCOC(=O)c1sc2nc(CSc3ccccc3)nc(Nc3cccc(F)c3)c2c1C. The molecule has 0 aliphatic heterocycles. The zero-order valence-electron chi connectivity index (χ0n) is 17.0. The van der Waals surface area contributed by atoms with Crippen LogP contribution >= 0.6 is 23.1 Å². The third kappa shape index (κ3) is 4.86. The van der Waals surface area contributed by atoms with Crippen LogP contribution in [0.3, 0.4) is 0 Å². The van der Waals surface area contributed by atoms with Gasteiger partial charge in [0.25, 0.3) is 0 Å². The van der Waals surface area contributed by atoms with Crippen LogP contribution in [0.4, 0.5) is 15.9 Å². The number of fused-ring (bicyclic) bond motifs is 1. The summed E-state index contributed by atoms with van der Waals surface area (Å²) in [6.45, 7) is 3.92. The van der Waals surface area contributed by atoms with Crippen LogP contribution in [0.25, 0.3) is 10.2 Å². The average molecular weight is 454 g/mol. The summed E-state index contributed by atoms with van der Waals surface area (Å²) < 4.78 is 18.9. The molecule has 31 heavy (non-hydrogen) atoms. The second-order valence-corrected chi connectivity index (χ2v) is 8.73. The van der Waals surface area contributed by atoms with Gasteiger partial charge in [0.1, 0.15) is 27.2 Å². The number of aromatic nitrogens is 2. The Morgan fingerprint density at radius 2 is 1.97 bits per heavy atom.